The molecule has 242 valence electrons. The lowest BCUT2D eigenvalue weighted by molar-refractivity contribution is -0.240. The fourth-order valence-electron chi connectivity index (χ4n) is 10.1. The number of benzene rings is 2. The van der Waals surface area contributed by atoms with Gasteiger partial charge in [-0.25, -0.2) is 14.4 Å². The molecule has 2 saturated carbocycles. The van der Waals surface area contributed by atoms with E-state index >= 15 is 0 Å². The van der Waals surface area contributed by atoms with Gasteiger partial charge in [-0.3, -0.25) is 4.79 Å². The van der Waals surface area contributed by atoms with Crippen LogP contribution >= 0.6 is 0 Å². The number of carbonyl (C=O) groups is 4. The normalized spacial score (nSPS) is 44.6. The number of hydrogen-bond acceptors (Lipinski definition) is 12. The van der Waals surface area contributed by atoms with Crippen molar-refractivity contribution in [2.45, 2.75) is 82.3 Å². The van der Waals surface area contributed by atoms with Crippen LogP contribution in [0.2, 0.25) is 0 Å². The van der Waals surface area contributed by atoms with Crippen LogP contribution in [0.15, 0.2) is 60.7 Å². The minimum absolute atomic E-state index is 0.0574. The molecule has 2 spiro atoms. The molecular formula is C34H34O12. The molecular weight excluding hydrogens is 600 g/mol. The van der Waals surface area contributed by atoms with Crippen molar-refractivity contribution in [1.29, 1.82) is 0 Å². The number of rotatable bonds is 5. The van der Waals surface area contributed by atoms with Gasteiger partial charge in [0.05, 0.1) is 29.6 Å². The number of aliphatic hydroxyl groups is 2. The third-order valence-electron chi connectivity index (χ3n) is 11.4. The van der Waals surface area contributed by atoms with E-state index in [0.717, 1.165) is 5.56 Å². The average Bonchev–Trinajstić information content (AvgIpc) is 3.72. The molecule has 12 heteroatoms. The Morgan fingerprint density at radius 2 is 1.57 bits per heavy atom. The Morgan fingerprint density at radius 1 is 0.913 bits per heavy atom. The van der Waals surface area contributed by atoms with Crippen LogP contribution in [0, 0.1) is 28.1 Å². The average molecular weight is 635 g/mol. The summed E-state index contributed by atoms with van der Waals surface area (Å²) in [4.78, 5) is 55.3. The monoisotopic (exact) mass is 634 g/mol. The molecule has 2 aliphatic carbocycles. The molecule has 0 radical (unpaired) electrons. The molecule has 6 fully saturated rings. The molecule has 0 amide bonds. The van der Waals surface area contributed by atoms with Gasteiger partial charge in [-0.1, -0.05) is 69.3 Å². The largest absolute Gasteiger partial charge is 0.456 e. The van der Waals surface area contributed by atoms with Gasteiger partial charge >= 0.3 is 23.9 Å². The highest BCUT2D eigenvalue weighted by molar-refractivity contribution is 5.95. The molecule has 4 aliphatic heterocycles. The second-order valence-corrected chi connectivity index (χ2v) is 14.3. The van der Waals surface area contributed by atoms with Crippen LogP contribution in [0.5, 0.6) is 0 Å². The lowest BCUT2D eigenvalue weighted by atomic mass is 9.50. The van der Waals surface area contributed by atoms with Crippen molar-refractivity contribution in [2.75, 3.05) is 0 Å². The van der Waals surface area contributed by atoms with Crippen LogP contribution in [-0.2, 0) is 49.4 Å². The summed E-state index contributed by atoms with van der Waals surface area (Å²) in [5.41, 5.74) is -8.64. The van der Waals surface area contributed by atoms with E-state index in [1.165, 1.54) is 19.1 Å². The van der Waals surface area contributed by atoms with Gasteiger partial charge in [0.2, 0.25) is 11.9 Å². The fraction of sp³-hybridized carbons (Fsp3) is 0.529. The smallest absolute Gasteiger partial charge is 0.343 e. The highest BCUT2D eigenvalue weighted by Gasteiger charge is 3.06. The summed E-state index contributed by atoms with van der Waals surface area (Å²) in [7, 11) is 0. The molecule has 12 nitrogen and oxygen atoms in total. The summed E-state index contributed by atoms with van der Waals surface area (Å²) < 4.78 is 36.9. The van der Waals surface area contributed by atoms with E-state index in [-0.39, 0.29) is 12.2 Å². The van der Waals surface area contributed by atoms with E-state index in [9.17, 15) is 29.4 Å². The Kier molecular flexibility index (Phi) is 5.88. The van der Waals surface area contributed by atoms with Gasteiger partial charge in [-0.15, -0.1) is 0 Å². The van der Waals surface area contributed by atoms with Crippen molar-refractivity contribution in [3.8, 4) is 0 Å². The fourth-order valence-corrected chi connectivity index (χ4v) is 10.1. The number of hydrogen-bond donors (Lipinski definition) is 2. The highest BCUT2D eigenvalue weighted by atomic mass is 16.8. The zero-order valence-corrected chi connectivity index (χ0v) is 25.6. The Morgan fingerprint density at radius 3 is 2.22 bits per heavy atom. The molecule has 8 rings (SSSR count). The minimum atomic E-state index is -2.46. The Balaban J connectivity index is 1.40. The number of ether oxygens (including phenoxy) is 6. The van der Waals surface area contributed by atoms with Gasteiger partial charge in [-0.05, 0) is 30.0 Å². The summed E-state index contributed by atoms with van der Waals surface area (Å²) in [5.74, 6) is -5.88. The maximum atomic E-state index is 14.3. The van der Waals surface area contributed by atoms with Gasteiger partial charge in [0.1, 0.15) is 11.5 Å². The van der Waals surface area contributed by atoms with Crippen molar-refractivity contribution >= 4 is 23.9 Å². The number of carbonyl (C=O) groups excluding carboxylic acids is 4. The van der Waals surface area contributed by atoms with Gasteiger partial charge in [0, 0.05) is 5.92 Å². The van der Waals surface area contributed by atoms with Gasteiger partial charge in [0.25, 0.3) is 0 Å². The Bertz CT molecular complexity index is 1650. The van der Waals surface area contributed by atoms with Crippen LogP contribution in [0.1, 0.15) is 43.6 Å². The standard InChI is InChI=1S/C34H34O12/c1-16-25(36)43-23-22(42-26(37)18-13-9-6-10-14-18)32-21-19(35)20(30(2,3)4)31(32)24(41-15-17-11-7-5-8-12-17)27(38)45-29(31)46-34(32,28(39)44-21)33(16,23)40/h5-14,16,19-24,29,35,40H,15H2,1-4H3/t16-,19-,20?,21?,22+,23?,24+,29?,31?,32?,33-,34?/m1/s1. The molecule has 4 saturated heterocycles. The number of esters is 4. The van der Waals surface area contributed by atoms with Crippen molar-refractivity contribution in [3.05, 3.63) is 71.8 Å². The molecule has 2 aromatic carbocycles. The molecule has 6 aliphatic rings. The SMILES string of the molecule is C[C@@H]1C(=O)OC2[C@H](OC(=O)c3ccccc3)C34C5OC(=O)C3(OC3OC(=O)[C@H](OCc6ccccc6)C34C(C(C)(C)C)[C@H]5O)[C@]21O. The lowest BCUT2D eigenvalue weighted by Gasteiger charge is -2.48. The van der Waals surface area contributed by atoms with E-state index < -0.39 is 100.0 Å². The molecule has 4 heterocycles. The van der Waals surface area contributed by atoms with Crippen LogP contribution in [0.25, 0.3) is 0 Å². The van der Waals surface area contributed by atoms with E-state index in [4.69, 9.17) is 28.4 Å². The molecule has 2 aromatic rings. The first-order valence-electron chi connectivity index (χ1n) is 15.4. The number of fused-ring (bicyclic) bond motifs is 1. The summed E-state index contributed by atoms with van der Waals surface area (Å²) in [6.45, 7) is 6.88. The Hall–Kier alpha value is -3.84. The van der Waals surface area contributed by atoms with Crippen molar-refractivity contribution in [3.63, 3.8) is 0 Å². The summed E-state index contributed by atoms with van der Waals surface area (Å²) in [5, 5.41) is 25.0. The molecule has 7 unspecified atom stereocenters. The van der Waals surface area contributed by atoms with Gasteiger partial charge in [-0.2, -0.15) is 0 Å². The third kappa shape index (κ3) is 3.00. The topological polar surface area (TPSA) is 164 Å². The first kappa shape index (κ1) is 29.6. The van der Waals surface area contributed by atoms with Crippen molar-refractivity contribution in [2.24, 2.45) is 28.1 Å². The maximum Gasteiger partial charge on any atom is 0.343 e. The van der Waals surface area contributed by atoms with E-state index in [0.29, 0.717) is 0 Å². The van der Waals surface area contributed by atoms with E-state index in [1.807, 2.05) is 51.1 Å². The van der Waals surface area contributed by atoms with Crippen LogP contribution in [-0.4, -0.2) is 82.1 Å². The van der Waals surface area contributed by atoms with Gasteiger partial charge < -0.3 is 38.6 Å². The summed E-state index contributed by atoms with van der Waals surface area (Å²) >= 11 is 0. The van der Waals surface area contributed by atoms with Gasteiger partial charge in [0.15, 0.2) is 23.9 Å². The number of aliphatic hydroxyl groups excluding tert-OH is 1. The van der Waals surface area contributed by atoms with Crippen LogP contribution in [0.3, 0.4) is 0 Å². The highest BCUT2D eigenvalue weighted by Crippen LogP contribution is 2.85. The third-order valence-corrected chi connectivity index (χ3v) is 11.4. The first-order chi connectivity index (χ1) is 21.8. The zero-order chi connectivity index (χ0) is 32.6. The van der Waals surface area contributed by atoms with E-state index in [2.05, 4.69) is 0 Å². The second-order valence-electron chi connectivity index (χ2n) is 14.3. The van der Waals surface area contributed by atoms with Crippen molar-refractivity contribution in [1.82, 2.24) is 0 Å². The minimum Gasteiger partial charge on any atom is -0.456 e. The molecule has 0 aromatic heterocycles. The Labute approximate surface area is 263 Å². The van der Waals surface area contributed by atoms with Crippen LogP contribution in [0.4, 0.5) is 0 Å². The predicted octanol–water partition coefficient (Wildman–Crippen LogP) is 1.69. The first-order valence-corrected chi connectivity index (χ1v) is 15.4. The second kappa shape index (κ2) is 9.15. The zero-order valence-electron chi connectivity index (χ0n) is 25.6. The lowest BCUT2D eigenvalue weighted by Crippen LogP contribution is -2.67. The quantitative estimate of drug-likeness (QED) is 0.362. The summed E-state index contributed by atoms with van der Waals surface area (Å²) in [6.07, 6.45) is -9.22. The molecule has 0 bridgehead atoms. The van der Waals surface area contributed by atoms with E-state index in [1.54, 1.807) is 18.2 Å². The maximum absolute atomic E-state index is 14.3. The molecule has 2 N–H and O–H groups in total. The van der Waals surface area contributed by atoms with Crippen molar-refractivity contribution < 1.29 is 57.8 Å². The van der Waals surface area contributed by atoms with Crippen LogP contribution < -0.4 is 0 Å². The predicted molar refractivity (Wildman–Crippen MR) is 152 cm³/mol. The molecule has 46 heavy (non-hydrogen) atoms. The molecule has 12 atom stereocenters. The summed E-state index contributed by atoms with van der Waals surface area (Å²) in [6, 6.07) is 17.1.